The predicted molar refractivity (Wildman–Crippen MR) is 132 cm³/mol. The maximum Gasteiger partial charge on any atom is 0.416 e. The van der Waals surface area contributed by atoms with E-state index in [0.717, 1.165) is 21.0 Å². The minimum atomic E-state index is -1.14. The van der Waals surface area contributed by atoms with Gasteiger partial charge in [-0.3, -0.25) is 14.5 Å². The summed E-state index contributed by atoms with van der Waals surface area (Å²) in [7, 11) is 0. The van der Waals surface area contributed by atoms with Gasteiger partial charge in [-0.1, -0.05) is 42.5 Å². The molecule has 3 aromatic carbocycles. The molecular formula is C26H24N2O6S. The highest BCUT2D eigenvalue weighted by atomic mass is 32.2. The fourth-order valence-corrected chi connectivity index (χ4v) is 4.50. The highest BCUT2D eigenvalue weighted by Gasteiger charge is 2.24. The molecule has 4 rings (SSSR count). The topological polar surface area (TPSA) is 96.4 Å². The number of carbonyl (C=O) groups is 3. The Balaban J connectivity index is 1.33. The molecule has 0 aromatic heterocycles. The first kappa shape index (κ1) is 24.2. The minimum Gasteiger partial charge on any atom is -0.492 e. The fraction of sp³-hybridized carbons (Fsp3) is 0.192. The number of aliphatic carboxylic acids is 1. The Bertz CT molecular complexity index is 1190. The van der Waals surface area contributed by atoms with Gasteiger partial charge in [-0.15, -0.1) is 11.8 Å². The van der Waals surface area contributed by atoms with Gasteiger partial charge in [0.05, 0.1) is 18.0 Å². The summed E-state index contributed by atoms with van der Waals surface area (Å²) in [6.07, 6.45) is -0.747. The van der Waals surface area contributed by atoms with Crippen molar-refractivity contribution in [2.24, 2.45) is 0 Å². The summed E-state index contributed by atoms with van der Waals surface area (Å²) in [5, 5.41) is 9.21. The summed E-state index contributed by atoms with van der Waals surface area (Å²) in [4.78, 5) is 40.1. The summed E-state index contributed by atoms with van der Waals surface area (Å²) in [5.74, 6) is 0.268. The molecule has 1 heterocycles. The molecule has 0 spiro atoms. The number of amides is 2. The molecule has 0 unspecified atom stereocenters. The molecule has 9 heteroatoms. The van der Waals surface area contributed by atoms with Crippen molar-refractivity contribution >= 4 is 35.4 Å². The van der Waals surface area contributed by atoms with Crippen LogP contribution >= 0.6 is 11.8 Å². The normalized spacial score (nSPS) is 12.6. The Morgan fingerprint density at radius 1 is 0.943 bits per heavy atom. The minimum absolute atomic E-state index is 0.0496. The zero-order valence-electron chi connectivity index (χ0n) is 18.8. The van der Waals surface area contributed by atoms with Crippen LogP contribution in [-0.4, -0.2) is 53.4 Å². The molecule has 1 aliphatic heterocycles. The number of carboxylic acid groups (broad SMARTS) is 1. The molecule has 180 valence electrons. The van der Waals surface area contributed by atoms with E-state index < -0.39 is 18.6 Å². The van der Waals surface area contributed by atoms with Crippen molar-refractivity contribution < 1.29 is 29.0 Å². The molecule has 1 aliphatic rings. The summed E-state index contributed by atoms with van der Waals surface area (Å²) in [6.45, 7) is 0.316. The van der Waals surface area contributed by atoms with Crippen molar-refractivity contribution in [3.63, 3.8) is 0 Å². The standard InChI is InChI=1S/C26H24N2O6S/c29-24-18-35-23-9-5-4-8-22(23)28(24)14-15-33-20-12-10-19(11-13-20)16-27(17-25(30)31)26(32)34-21-6-2-1-3-7-21/h1-13H,14-18H2,(H,30,31). The first-order chi connectivity index (χ1) is 17.0. The fourth-order valence-electron chi connectivity index (χ4n) is 3.57. The molecule has 0 fully saturated rings. The Labute approximate surface area is 207 Å². The van der Waals surface area contributed by atoms with Crippen LogP contribution in [0.25, 0.3) is 0 Å². The summed E-state index contributed by atoms with van der Waals surface area (Å²) in [5.41, 5.74) is 1.62. The second-order valence-corrected chi connectivity index (χ2v) is 8.74. The lowest BCUT2D eigenvalue weighted by molar-refractivity contribution is -0.138. The number of anilines is 1. The number of rotatable bonds is 9. The number of ether oxygens (including phenoxy) is 2. The quantitative estimate of drug-likeness (QED) is 0.476. The predicted octanol–water partition coefficient (Wildman–Crippen LogP) is 4.29. The van der Waals surface area contributed by atoms with Crippen LogP contribution in [-0.2, 0) is 16.1 Å². The monoisotopic (exact) mass is 492 g/mol. The lowest BCUT2D eigenvalue weighted by atomic mass is 10.2. The van der Waals surface area contributed by atoms with E-state index in [2.05, 4.69) is 0 Å². The van der Waals surface area contributed by atoms with Gasteiger partial charge >= 0.3 is 12.1 Å². The molecule has 35 heavy (non-hydrogen) atoms. The Morgan fingerprint density at radius 2 is 1.66 bits per heavy atom. The Hall–Kier alpha value is -3.98. The van der Waals surface area contributed by atoms with Gasteiger partial charge in [-0.05, 0) is 42.0 Å². The zero-order valence-corrected chi connectivity index (χ0v) is 19.6. The number of thioether (sulfide) groups is 1. The third kappa shape index (κ3) is 6.54. The van der Waals surface area contributed by atoms with Crippen molar-refractivity contribution in [2.45, 2.75) is 11.4 Å². The van der Waals surface area contributed by atoms with Gasteiger partial charge in [0, 0.05) is 11.4 Å². The second kappa shape index (κ2) is 11.4. The lowest BCUT2D eigenvalue weighted by Crippen LogP contribution is -2.38. The molecule has 0 saturated carbocycles. The maximum absolute atomic E-state index is 12.5. The molecule has 0 aliphatic carbocycles. The van der Waals surface area contributed by atoms with Crippen LogP contribution in [0.3, 0.4) is 0 Å². The summed E-state index contributed by atoms with van der Waals surface area (Å²) < 4.78 is 11.1. The van der Waals surface area contributed by atoms with Crippen LogP contribution in [0.2, 0.25) is 0 Å². The van der Waals surface area contributed by atoms with Gasteiger partial charge in [0.2, 0.25) is 5.91 Å². The van der Waals surface area contributed by atoms with Crippen molar-refractivity contribution in [1.82, 2.24) is 4.90 Å². The number of carboxylic acids is 1. The first-order valence-electron chi connectivity index (χ1n) is 11.0. The average molecular weight is 493 g/mol. The summed E-state index contributed by atoms with van der Waals surface area (Å²) in [6, 6.07) is 23.3. The molecule has 0 saturated heterocycles. The molecule has 2 amide bonds. The Morgan fingerprint density at radius 3 is 2.40 bits per heavy atom. The van der Waals surface area contributed by atoms with Crippen LogP contribution < -0.4 is 14.4 Å². The number of benzene rings is 3. The SMILES string of the molecule is O=C(O)CN(Cc1ccc(OCCN2C(=O)CSc3ccccc32)cc1)C(=O)Oc1ccccc1. The van der Waals surface area contributed by atoms with Crippen molar-refractivity contribution in [3.05, 3.63) is 84.4 Å². The number of fused-ring (bicyclic) bond motifs is 1. The molecule has 0 atom stereocenters. The second-order valence-electron chi connectivity index (χ2n) is 7.73. The first-order valence-corrected chi connectivity index (χ1v) is 12.0. The summed E-state index contributed by atoms with van der Waals surface area (Å²) >= 11 is 1.54. The number of para-hydroxylation sites is 2. The van der Waals surface area contributed by atoms with Gasteiger partial charge in [0.15, 0.2) is 0 Å². The van der Waals surface area contributed by atoms with Crippen molar-refractivity contribution in [1.29, 1.82) is 0 Å². The molecule has 1 N–H and O–H groups in total. The largest absolute Gasteiger partial charge is 0.492 e. The Kier molecular flexibility index (Phi) is 7.89. The van der Waals surface area contributed by atoms with Gasteiger partial charge in [0.1, 0.15) is 24.7 Å². The molecule has 0 bridgehead atoms. The van der Waals surface area contributed by atoms with Gasteiger partial charge in [-0.2, -0.15) is 0 Å². The zero-order chi connectivity index (χ0) is 24.6. The number of carbonyl (C=O) groups excluding carboxylic acids is 2. The van der Waals surface area contributed by atoms with E-state index in [-0.39, 0.29) is 12.5 Å². The molecular weight excluding hydrogens is 468 g/mol. The van der Waals surface area contributed by atoms with E-state index >= 15 is 0 Å². The van der Waals surface area contributed by atoms with Crippen LogP contribution in [0.15, 0.2) is 83.8 Å². The van der Waals surface area contributed by atoms with E-state index in [9.17, 15) is 19.5 Å². The van der Waals surface area contributed by atoms with E-state index in [1.165, 1.54) is 11.8 Å². The molecule has 8 nitrogen and oxygen atoms in total. The van der Waals surface area contributed by atoms with Gasteiger partial charge in [-0.25, -0.2) is 4.79 Å². The van der Waals surface area contributed by atoms with E-state index in [1.807, 2.05) is 24.3 Å². The van der Waals surface area contributed by atoms with Gasteiger partial charge in [0.25, 0.3) is 0 Å². The van der Waals surface area contributed by atoms with Crippen molar-refractivity contribution in [3.8, 4) is 11.5 Å². The highest BCUT2D eigenvalue weighted by Crippen LogP contribution is 2.34. The maximum atomic E-state index is 12.5. The van der Waals surface area contributed by atoms with Crippen LogP contribution in [0, 0.1) is 0 Å². The van der Waals surface area contributed by atoms with E-state index in [0.29, 0.717) is 30.4 Å². The third-order valence-electron chi connectivity index (χ3n) is 5.22. The third-order valence-corrected chi connectivity index (χ3v) is 6.27. The lowest BCUT2D eigenvalue weighted by Gasteiger charge is -2.28. The average Bonchev–Trinajstić information content (AvgIpc) is 2.86. The molecule has 0 radical (unpaired) electrons. The van der Waals surface area contributed by atoms with Crippen LogP contribution in [0.5, 0.6) is 11.5 Å². The van der Waals surface area contributed by atoms with Crippen LogP contribution in [0.1, 0.15) is 5.56 Å². The van der Waals surface area contributed by atoms with Gasteiger partial charge < -0.3 is 19.5 Å². The number of nitrogens with zero attached hydrogens (tertiary/aromatic N) is 2. The van der Waals surface area contributed by atoms with E-state index in [1.54, 1.807) is 59.5 Å². The highest BCUT2D eigenvalue weighted by molar-refractivity contribution is 8.00. The van der Waals surface area contributed by atoms with Crippen molar-refractivity contribution in [2.75, 3.05) is 30.3 Å². The van der Waals surface area contributed by atoms with E-state index in [4.69, 9.17) is 9.47 Å². The number of hydrogen-bond donors (Lipinski definition) is 1. The smallest absolute Gasteiger partial charge is 0.416 e. The number of hydrogen-bond acceptors (Lipinski definition) is 6. The van der Waals surface area contributed by atoms with Crippen LogP contribution in [0.4, 0.5) is 10.5 Å². The molecule has 3 aromatic rings.